The number of benzene rings is 3. The molecule has 0 spiro atoms. The van der Waals surface area contributed by atoms with Crippen molar-refractivity contribution in [3.8, 4) is 35.1 Å². The zero-order valence-corrected chi connectivity index (χ0v) is 44.3. The Kier molecular flexibility index (Phi) is 15.0. The Balaban J connectivity index is 2.81. The Bertz CT molecular complexity index is 1960. The maximum Gasteiger partial charge on any atom is 0.279 e. The minimum absolute atomic E-state index is 0.131. The zero-order chi connectivity index (χ0) is 47.1. The van der Waals surface area contributed by atoms with E-state index in [1.165, 1.54) is 33.4 Å². The summed E-state index contributed by atoms with van der Waals surface area (Å²) in [7, 11) is -2.11. The van der Waals surface area contributed by atoms with E-state index in [-0.39, 0.29) is 38.3 Å². The second-order valence-electron chi connectivity index (χ2n) is 25.1. The number of carbonyl (C=O) groups excluding carboxylic acids is 1. The number of rotatable bonds is 6. The Morgan fingerprint density at radius 2 is 0.607 bits per heavy atom. The van der Waals surface area contributed by atoms with Crippen molar-refractivity contribution >= 4 is 13.9 Å². The van der Waals surface area contributed by atoms with Crippen LogP contribution in [-0.2, 0) is 42.7 Å². The van der Waals surface area contributed by atoms with Gasteiger partial charge in [0.15, 0.2) is 0 Å². The molecule has 2 heteroatoms. The monoisotopic (exact) mass is 837 g/mol. The van der Waals surface area contributed by atoms with Crippen LogP contribution in [-0.4, -0.2) is 13.9 Å². The van der Waals surface area contributed by atoms with Gasteiger partial charge in [0.05, 0.1) is 0 Å². The molecule has 3 aromatic rings. The second kappa shape index (κ2) is 17.8. The molecule has 330 valence electrons. The molecule has 3 aromatic carbocycles. The summed E-state index contributed by atoms with van der Waals surface area (Å²) >= 11 is 0. The summed E-state index contributed by atoms with van der Waals surface area (Å²) in [5.74, 6) is 16.0. The summed E-state index contributed by atoms with van der Waals surface area (Å²) in [5.41, 5.74) is 14.0. The highest BCUT2D eigenvalue weighted by Crippen LogP contribution is 2.47. The molecule has 0 aromatic heterocycles. The first-order chi connectivity index (χ1) is 27.4. The van der Waals surface area contributed by atoms with Crippen molar-refractivity contribution in [3.63, 3.8) is 0 Å². The van der Waals surface area contributed by atoms with Gasteiger partial charge >= 0.3 is 0 Å². The van der Waals surface area contributed by atoms with E-state index in [1.807, 2.05) is 0 Å². The number of Topliss-reactive ketones (excluding diaryl/α,β-unsaturated/α-hetero) is 1. The topological polar surface area (TPSA) is 17.1 Å². The molecule has 0 saturated carbocycles. The molecule has 1 nitrogen and oxygen atoms in total. The Morgan fingerprint density at radius 1 is 0.377 bits per heavy atom. The lowest BCUT2D eigenvalue weighted by molar-refractivity contribution is -0.108. The quantitative estimate of drug-likeness (QED) is 0.105. The fourth-order valence-corrected chi connectivity index (χ4v) is 13.9. The van der Waals surface area contributed by atoms with Crippen LogP contribution < -0.4 is 0 Å². The molecule has 0 amide bonds. The molecule has 0 N–H and O–H groups in total. The van der Waals surface area contributed by atoms with Crippen molar-refractivity contribution in [3.05, 3.63) is 105 Å². The van der Waals surface area contributed by atoms with E-state index in [1.54, 1.807) is 0 Å². The van der Waals surface area contributed by atoms with Gasteiger partial charge in [0.2, 0.25) is 0 Å². The van der Waals surface area contributed by atoms with Crippen molar-refractivity contribution in [2.75, 3.05) is 0 Å². The van der Waals surface area contributed by atoms with Crippen LogP contribution in [0.4, 0.5) is 0 Å². The van der Waals surface area contributed by atoms with Crippen LogP contribution in [0.3, 0.4) is 0 Å². The summed E-state index contributed by atoms with van der Waals surface area (Å²) in [6.07, 6.45) is 0. The van der Waals surface area contributed by atoms with E-state index in [9.17, 15) is 4.79 Å². The molecule has 0 aliphatic rings. The average molecular weight is 837 g/mol. The standard InChI is InChI=1S/C59H84OSi/c1-40(2)61(41(3)4,42(5)6)30-28-52(60)27-25-26-29-59(49-34-43(53(7,8)9)31-44(35-49)54(10,11)12,50-36-45(55(13,14)15)32-46(37-50)56(16,17)18)51-38-47(57(19,20)21)33-48(39-51)58(22,23)24/h31-42H,1-24H3. The molecule has 0 atom stereocenters. The maximum absolute atomic E-state index is 13.6. The minimum atomic E-state index is -2.11. The number of carbonyl (C=O) groups is 1. The third-order valence-corrected chi connectivity index (χ3v) is 19.3. The third-order valence-electron chi connectivity index (χ3n) is 13.0. The van der Waals surface area contributed by atoms with Gasteiger partial charge in [-0.3, -0.25) is 4.79 Å². The summed E-state index contributed by atoms with van der Waals surface area (Å²) in [5, 5.41) is 0. The lowest BCUT2D eigenvalue weighted by atomic mass is 9.64. The predicted molar refractivity (Wildman–Crippen MR) is 271 cm³/mol. The summed E-state index contributed by atoms with van der Waals surface area (Å²) in [4.78, 5) is 13.6. The number of ketones is 1. The molecule has 0 saturated heterocycles. The van der Waals surface area contributed by atoms with Gasteiger partial charge in [-0.1, -0.05) is 227 Å². The molecule has 0 heterocycles. The lowest BCUT2D eigenvalue weighted by Crippen LogP contribution is -2.43. The van der Waals surface area contributed by atoms with Gasteiger partial charge in [0, 0.05) is 0 Å². The van der Waals surface area contributed by atoms with Gasteiger partial charge in [0.1, 0.15) is 13.5 Å². The number of hydrogen-bond acceptors (Lipinski definition) is 1. The van der Waals surface area contributed by atoms with E-state index in [2.05, 4.69) is 256 Å². The highest BCUT2D eigenvalue weighted by molar-refractivity contribution is 6.90. The maximum atomic E-state index is 13.6. The van der Waals surface area contributed by atoms with Gasteiger partial charge in [-0.25, -0.2) is 0 Å². The van der Waals surface area contributed by atoms with Gasteiger partial charge in [0.25, 0.3) is 5.78 Å². The van der Waals surface area contributed by atoms with Crippen LogP contribution >= 0.6 is 0 Å². The number of hydrogen-bond donors (Lipinski definition) is 0. The van der Waals surface area contributed by atoms with E-state index in [4.69, 9.17) is 0 Å². The molecule has 0 aliphatic heterocycles. The lowest BCUT2D eigenvalue weighted by Gasteiger charge is -2.38. The first-order valence-electron chi connectivity index (χ1n) is 23.0. The minimum Gasteiger partial charge on any atom is -0.270 e. The Labute approximate surface area is 377 Å². The van der Waals surface area contributed by atoms with Crippen molar-refractivity contribution < 1.29 is 4.79 Å². The fourth-order valence-electron chi connectivity index (χ4n) is 8.69. The largest absolute Gasteiger partial charge is 0.279 e. The van der Waals surface area contributed by atoms with Gasteiger partial charge in [-0.05, 0) is 123 Å². The predicted octanol–water partition coefficient (Wildman–Crippen LogP) is 15.6. The van der Waals surface area contributed by atoms with Gasteiger partial charge in [-0.2, -0.15) is 0 Å². The summed E-state index contributed by atoms with van der Waals surface area (Å²) in [6, 6.07) is 21.6. The zero-order valence-electron chi connectivity index (χ0n) is 43.3. The average Bonchev–Trinajstić information content (AvgIpc) is 3.08. The fraction of sp³-hybridized carbons (Fsp3) is 0.576. The van der Waals surface area contributed by atoms with E-state index < -0.39 is 13.5 Å². The van der Waals surface area contributed by atoms with Crippen LogP contribution in [0.2, 0.25) is 16.6 Å². The van der Waals surface area contributed by atoms with Crippen molar-refractivity contribution in [2.45, 2.75) is 221 Å². The molecule has 0 aliphatic carbocycles. The van der Waals surface area contributed by atoms with Gasteiger partial charge < -0.3 is 0 Å². The first kappa shape index (κ1) is 51.6. The van der Waals surface area contributed by atoms with E-state index >= 15 is 0 Å². The van der Waals surface area contributed by atoms with E-state index in [0.717, 1.165) is 16.7 Å². The second-order valence-corrected chi connectivity index (χ2v) is 30.7. The summed E-state index contributed by atoms with van der Waals surface area (Å²) in [6.45, 7) is 55.0. The Morgan fingerprint density at radius 3 is 0.820 bits per heavy atom. The molecule has 0 bridgehead atoms. The summed E-state index contributed by atoms with van der Waals surface area (Å²) < 4.78 is 0. The molecule has 0 fully saturated rings. The van der Waals surface area contributed by atoms with Crippen LogP contribution in [0.1, 0.15) is 216 Å². The molecule has 3 rings (SSSR count). The van der Waals surface area contributed by atoms with Crippen LogP contribution in [0.15, 0.2) is 54.6 Å². The third kappa shape index (κ3) is 11.8. The first-order valence-corrected chi connectivity index (χ1v) is 25.2. The molecule has 0 unspecified atom stereocenters. The van der Waals surface area contributed by atoms with Crippen molar-refractivity contribution in [1.29, 1.82) is 0 Å². The highest BCUT2D eigenvalue weighted by atomic mass is 28.3. The van der Waals surface area contributed by atoms with Gasteiger partial charge in [-0.15, -0.1) is 5.54 Å². The highest BCUT2D eigenvalue weighted by Gasteiger charge is 2.42. The molecular weight excluding hydrogens is 753 g/mol. The van der Waals surface area contributed by atoms with Crippen molar-refractivity contribution in [1.82, 2.24) is 0 Å². The van der Waals surface area contributed by atoms with Crippen LogP contribution in [0, 0.1) is 35.1 Å². The van der Waals surface area contributed by atoms with E-state index in [0.29, 0.717) is 16.6 Å². The SMILES string of the molecule is CC(C)[Si](C#CC(=O)C#CC#CC(c1cc(C(C)(C)C)cc(C(C)(C)C)c1)(c1cc(C(C)(C)C)cc(C(C)(C)C)c1)c1cc(C(C)(C)C)cc(C(C)(C)C)c1)(C(C)C)C(C)C. The normalized spacial score (nSPS) is 13.4. The Hall–Kier alpha value is -3.77. The molecular formula is C59H84OSi. The smallest absolute Gasteiger partial charge is 0.270 e. The molecule has 61 heavy (non-hydrogen) atoms. The van der Waals surface area contributed by atoms with Crippen molar-refractivity contribution in [2.24, 2.45) is 0 Å². The van der Waals surface area contributed by atoms with Crippen LogP contribution in [0.5, 0.6) is 0 Å². The van der Waals surface area contributed by atoms with Crippen LogP contribution in [0.25, 0.3) is 0 Å². The molecule has 0 radical (unpaired) electrons.